The minimum absolute atomic E-state index is 0.177. The Morgan fingerprint density at radius 2 is 1.81 bits per heavy atom. The van der Waals surface area contributed by atoms with E-state index in [2.05, 4.69) is 15.6 Å². The molecule has 3 nitrogen and oxygen atoms in total. The number of hydrogen-bond acceptors (Lipinski definition) is 3. The zero-order valence-electron chi connectivity index (χ0n) is 11.8. The lowest BCUT2D eigenvalue weighted by Gasteiger charge is -2.12. The zero-order chi connectivity index (χ0) is 15.5. The van der Waals surface area contributed by atoms with Gasteiger partial charge in [-0.2, -0.15) is 13.2 Å². The molecule has 6 heteroatoms. The molecule has 0 bridgehead atoms. The summed E-state index contributed by atoms with van der Waals surface area (Å²) in [6.07, 6.45) is -4.39. The van der Waals surface area contributed by atoms with Crippen LogP contribution >= 0.6 is 0 Å². The van der Waals surface area contributed by atoms with Gasteiger partial charge in [-0.15, -0.1) is 0 Å². The highest BCUT2D eigenvalue weighted by Crippen LogP contribution is 2.32. The highest BCUT2D eigenvalue weighted by atomic mass is 19.4. The first-order valence-electron chi connectivity index (χ1n) is 6.45. The van der Waals surface area contributed by atoms with Gasteiger partial charge in [0, 0.05) is 13.6 Å². The number of anilines is 2. The van der Waals surface area contributed by atoms with Crippen molar-refractivity contribution in [2.45, 2.75) is 19.6 Å². The number of aromatic nitrogens is 1. The SMILES string of the molecule is CNc1cc(C(F)(F)F)cc(NCc2cccc(C)c2)n1. The molecule has 2 N–H and O–H groups in total. The Bertz CT molecular complexity index is 624. The van der Waals surface area contributed by atoms with Gasteiger partial charge < -0.3 is 10.6 Å². The quantitative estimate of drug-likeness (QED) is 0.893. The molecule has 2 aromatic rings. The number of hydrogen-bond donors (Lipinski definition) is 2. The van der Waals surface area contributed by atoms with Crippen LogP contribution in [0.3, 0.4) is 0 Å². The van der Waals surface area contributed by atoms with Crippen LogP contribution < -0.4 is 10.6 Å². The molecule has 0 aliphatic heterocycles. The average Bonchev–Trinajstić information content (AvgIpc) is 2.44. The third-order valence-corrected chi connectivity index (χ3v) is 2.96. The van der Waals surface area contributed by atoms with E-state index in [9.17, 15) is 13.2 Å². The maximum Gasteiger partial charge on any atom is 0.416 e. The summed E-state index contributed by atoms with van der Waals surface area (Å²) in [5.74, 6) is 0.368. The fourth-order valence-electron chi connectivity index (χ4n) is 1.93. The van der Waals surface area contributed by atoms with Crippen LogP contribution in [-0.4, -0.2) is 12.0 Å². The summed E-state index contributed by atoms with van der Waals surface area (Å²) < 4.78 is 38.5. The Hall–Kier alpha value is -2.24. The highest BCUT2D eigenvalue weighted by molar-refractivity contribution is 5.49. The van der Waals surface area contributed by atoms with Crippen LogP contribution in [0.2, 0.25) is 0 Å². The molecule has 1 aromatic heterocycles. The van der Waals surface area contributed by atoms with Crippen LogP contribution in [0, 0.1) is 6.92 Å². The number of nitrogens with one attached hydrogen (secondary N) is 2. The lowest BCUT2D eigenvalue weighted by atomic mass is 10.1. The van der Waals surface area contributed by atoms with E-state index in [1.165, 1.54) is 7.05 Å². The van der Waals surface area contributed by atoms with Crippen molar-refractivity contribution in [3.8, 4) is 0 Å². The van der Waals surface area contributed by atoms with E-state index in [1.54, 1.807) is 0 Å². The molecule has 0 saturated heterocycles. The number of alkyl halides is 3. The summed E-state index contributed by atoms with van der Waals surface area (Å²) in [4.78, 5) is 4.08. The molecule has 0 unspecified atom stereocenters. The maximum absolute atomic E-state index is 12.8. The molecule has 0 amide bonds. The van der Waals surface area contributed by atoms with Gasteiger partial charge in [0.1, 0.15) is 11.6 Å². The molecule has 0 aliphatic carbocycles. The van der Waals surface area contributed by atoms with Crippen molar-refractivity contribution in [3.05, 3.63) is 53.1 Å². The van der Waals surface area contributed by atoms with E-state index in [0.29, 0.717) is 6.54 Å². The van der Waals surface area contributed by atoms with Gasteiger partial charge in [-0.25, -0.2) is 4.98 Å². The summed E-state index contributed by atoms with van der Waals surface area (Å²) in [6, 6.07) is 9.75. The smallest absolute Gasteiger partial charge is 0.373 e. The lowest BCUT2D eigenvalue weighted by molar-refractivity contribution is -0.137. The molecule has 112 valence electrons. The molecule has 0 fully saturated rings. The molecule has 0 saturated carbocycles. The van der Waals surface area contributed by atoms with Gasteiger partial charge in [-0.3, -0.25) is 0 Å². The average molecular weight is 295 g/mol. The molecule has 0 aliphatic rings. The van der Waals surface area contributed by atoms with Crippen LogP contribution in [-0.2, 0) is 12.7 Å². The van der Waals surface area contributed by atoms with Gasteiger partial charge in [0.15, 0.2) is 0 Å². The van der Waals surface area contributed by atoms with Crippen molar-refractivity contribution in [2.75, 3.05) is 17.7 Å². The summed E-state index contributed by atoms with van der Waals surface area (Å²) in [6.45, 7) is 2.38. The minimum Gasteiger partial charge on any atom is -0.373 e. The Labute approximate surface area is 121 Å². The molecular weight excluding hydrogens is 279 g/mol. The Morgan fingerprint density at radius 1 is 1.10 bits per heavy atom. The number of aryl methyl sites for hydroxylation is 1. The largest absolute Gasteiger partial charge is 0.416 e. The predicted molar refractivity (Wildman–Crippen MR) is 77.3 cm³/mol. The number of rotatable bonds is 4. The molecule has 1 aromatic carbocycles. The zero-order valence-corrected chi connectivity index (χ0v) is 11.8. The van der Waals surface area contributed by atoms with Gasteiger partial charge in [0.05, 0.1) is 5.56 Å². The molecule has 1 heterocycles. The monoisotopic (exact) mass is 295 g/mol. The van der Waals surface area contributed by atoms with Crippen LogP contribution in [0.5, 0.6) is 0 Å². The third kappa shape index (κ3) is 4.11. The Kier molecular flexibility index (Phi) is 4.35. The van der Waals surface area contributed by atoms with E-state index in [4.69, 9.17) is 0 Å². The second-order valence-corrected chi connectivity index (χ2v) is 4.72. The first kappa shape index (κ1) is 15.2. The predicted octanol–water partition coefficient (Wildman–Crippen LogP) is 4.06. The fourth-order valence-corrected chi connectivity index (χ4v) is 1.93. The second kappa shape index (κ2) is 6.03. The minimum atomic E-state index is -4.39. The summed E-state index contributed by atoms with van der Waals surface area (Å²) in [5.41, 5.74) is 1.36. The van der Waals surface area contributed by atoms with Gasteiger partial charge in [-0.1, -0.05) is 29.8 Å². The normalized spacial score (nSPS) is 11.3. The molecule has 0 atom stereocenters. The van der Waals surface area contributed by atoms with Crippen LogP contribution in [0.15, 0.2) is 36.4 Å². The van der Waals surface area contributed by atoms with Gasteiger partial charge >= 0.3 is 6.18 Å². The van der Waals surface area contributed by atoms with E-state index in [1.807, 2.05) is 31.2 Å². The van der Waals surface area contributed by atoms with E-state index < -0.39 is 11.7 Å². The van der Waals surface area contributed by atoms with Gasteiger partial charge in [-0.05, 0) is 24.6 Å². The molecule has 0 spiro atoms. The summed E-state index contributed by atoms with van der Waals surface area (Å²) >= 11 is 0. The van der Waals surface area contributed by atoms with Crippen LogP contribution in [0.25, 0.3) is 0 Å². The van der Waals surface area contributed by atoms with Gasteiger partial charge in [0.2, 0.25) is 0 Å². The maximum atomic E-state index is 12.8. The Balaban J connectivity index is 2.19. The molecule has 21 heavy (non-hydrogen) atoms. The summed E-state index contributed by atoms with van der Waals surface area (Å²) in [7, 11) is 1.53. The van der Waals surface area contributed by atoms with E-state index in [-0.39, 0.29) is 11.6 Å². The number of nitrogens with zero attached hydrogens (tertiary/aromatic N) is 1. The first-order chi connectivity index (χ1) is 9.88. The van der Waals surface area contributed by atoms with Gasteiger partial charge in [0.25, 0.3) is 0 Å². The number of pyridine rings is 1. The van der Waals surface area contributed by atoms with Crippen molar-refractivity contribution in [1.29, 1.82) is 0 Å². The third-order valence-electron chi connectivity index (χ3n) is 2.96. The first-order valence-corrected chi connectivity index (χ1v) is 6.45. The molecular formula is C15H16F3N3. The second-order valence-electron chi connectivity index (χ2n) is 4.72. The number of benzene rings is 1. The molecule has 2 rings (SSSR count). The van der Waals surface area contributed by atoms with Crippen molar-refractivity contribution >= 4 is 11.6 Å². The topological polar surface area (TPSA) is 37.0 Å². The van der Waals surface area contributed by atoms with Crippen molar-refractivity contribution in [1.82, 2.24) is 4.98 Å². The summed E-state index contributed by atoms with van der Waals surface area (Å²) in [5, 5.41) is 5.56. The van der Waals surface area contributed by atoms with Crippen LogP contribution in [0.1, 0.15) is 16.7 Å². The molecule has 0 radical (unpaired) electrons. The number of halogens is 3. The van der Waals surface area contributed by atoms with Crippen molar-refractivity contribution < 1.29 is 13.2 Å². The van der Waals surface area contributed by atoms with Crippen LogP contribution in [0.4, 0.5) is 24.8 Å². The standard InChI is InChI=1S/C15H16F3N3/c1-10-4-3-5-11(6-10)9-20-14-8-12(15(16,17)18)7-13(19-2)21-14/h3-8H,9H2,1-2H3,(H2,19,20,21). The lowest BCUT2D eigenvalue weighted by Crippen LogP contribution is -2.10. The fraction of sp³-hybridized carbons (Fsp3) is 0.267. The van der Waals surface area contributed by atoms with Crippen molar-refractivity contribution in [2.24, 2.45) is 0 Å². The van der Waals surface area contributed by atoms with E-state index >= 15 is 0 Å². The highest BCUT2D eigenvalue weighted by Gasteiger charge is 2.31. The van der Waals surface area contributed by atoms with Crippen molar-refractivity contribution in [3.63, 3.8) is 0 Å². The van der Waals surface area contributed by atoms with E-state index in [0.717, 1.165) is 23.3 Å². The Morgan fingerprint density at radius 3 is 2.43 bits per heavy atom.